The van der Waals surface area contributed by atoms with E-state index in [1.165, 1.54) is 21.2 Å². The van der Waals surface area contributed by atoms with Crippen LogP contribution in [0.3, 0.4) is 0 Å². The number of halogens is 1. The van der Waals surface area contributed by atoms with Gasteiger partial charge in [0.05, 0.1) is 6.10 Å². The highest BCUT2D eigenvalue weighted by Crippen LogP contribution is 2.23. The van der Waals surface area contributed by atoms with Crippen LogP contribution in [0.1, 0.15) is 30.0 Å². The maximum Gasteiger partial charge on any atom is 0.0515 e. The van der Waals surface area contributed by atoms with Crippen LogP contribution in [0.25, 0.3) is 0 Å². The first kappa shape index (κ1) is 11.7. The van der Waals surface area contributed by atoms with Crippen molar-refractivity contribution in [3.8, 4) is 0 Å². The Bertz CT molecular complexity index is 295. The Morgan fingerprint density at radius 3 is 2.21 bits per heavy atom. The molecule has 0 unspecified atom stereocenters. The molecular weight excluding hydrogens is 240 g/mol. The molecule has 0 saturated heterocycles. The van der Waals surface area contributed by atoms with Crippen LogP contribution in [0.15, 0.2) is 16.6 Å². The highest BCUT2D eigenvalue weighted by atomic mass is 79.9. The Balaban J connectivity index is 2.79. The fourth-order valence-electron chi connectivity index (χ4n) is 1.56. The molecule has 1 rings (SSSR count). The van der Waals surface area contributed by atoms with E-state index in [9.17, 15) is 5.11 Å². The summed E-state index contributed by atoms with van der Waals surface area (Å²) in [6, 6.07) is 4.36. The van der Waals surface area contributed by atoms with E-state index in [1.54, 1.807) is 0 Å². The summed E-state index contributed by atoms with van der Waals surface area (Å²) in [6.07, 6.45) is 1.58. The molecule has 1 aromatic rings. The third-order valence-corrected chi connectivity index (χ3v) is 3.60. The molecule has 0 spiro atoms. The van der Waals surface area contributed by atoms with E-state index in [4.69, 9.17) is 0 Å². The first-order chi connectivity index (χ1) is 6.50. The SMILES string of the molecule is Cc1cc(CC[C@H](C)O)cc(C)c1Br. The molecule has 0 aliphatic carbocycles. The quantitative estimate of drug-likeness (QED) is 0.880. The van der Waals surface area contributed by atoms with Gasteiger partial charge in [-0.1, -0.05) is 28.1 Å². The zero-order valence-electron chi connectivity index (χ0n) is 8.97. The molecule has 2 heteroatoms. The molecule has 0 fully saturated rings. The number of hydrogen-bond donors (Lipinski definition) is 1. The second-order valence-electron chi connectivity index (χ2n) is 3.93. The van der Waals surface area contributed by atoms with E-state index < -0.39 is 0 Å². The summed E-state index contributed by atoms with van der Waals surface area (Å²) in [7, 11) is 0. The summed E-state index contributed by atoms with van der Waals surface area (Å²) in [5.74, 6) is 0. The molecule has 1 nitrogen and oxygen atoms in total. The van der Waals surface area contributed by atoms with Gasteiger partial charge in [-0.2, -0.15) is 0 Å². The summed E-state index contributed by atoms with van der Waals surface area (Å²) >= 11 is 3.54. The van der Waals surface area contributed by atoms with Gasteiger partial charge >= 0.3 is 0 Å². The van der Waals surface area contributed by atoms with Gasteiger partial charge in [0.15, 0.2) is 0 Å². The molecule has 0 saturated carbocycles. The molecule has 0 heterocycles. The van der Waals surface area contributed by atoms with Crippen molar-refractivity contribution in [2.45, 2.75) is 39.7 Å². The Labute approximate surface area is 94.3 Å². The van der Waals surface area contributed by atoms with E-state index in [0.29, 0.717) is 0 Å². The van der Waals surface area contributed by atoms with Crippen molar-refractivity contribution in [3.05, 3.63) is 33.3 Å². The molecule has 78 valence electrons. The maximum atomic E-state index is 9.20. The van der Waals surface area contributed by atoms with Gasteiger partial charge < -0.3 is 5.11 Å². The summed E-state index contributed by atoms with van der Waals surface area (Å²) in [6.45, 7) is 6.03. The van der Waals surface area contributed by atoms with Crippen LogP contribution < -0.4 is 0 Å². The standard InChI is InChI=1S/C12H17BrO/c1-8-6-11(5-4-10(3)14)7-9(2)12(8)13/h6-7,10,14H,4-5H2,1-3H3/t10-/m0/s1. The lowest BCUT2D eigenvalue weighted by Gasteiger charge is -2.09. The van der Waals surface area contributed by atoms with Crippen LogP contribution in [-0.4, -0.2) is 11.2 Å². The average molecular weight is 257 g/mol. The third-order valence-electron chi connectivity index (χ3n) is 2.35. The number of aliphatic hydroxyl groups excluding tert-OH is 1. The van der Waals surface area contributed by atoms with E-state index in [-0.39, 0.29) is 6.10 Å². The Morgan fingerprint density at radius 1 is 1.29 bits per heavy atom. The van der Waals surface area contributed by atoms with Crippen molar-refractivity contribution in [1.29, 1.82) is 0 Å². The van der Waals surface area contributed by atoms with Crippen LogP contribution in [0.4, 0.5) is 0 Å². The summed E-state index contributed by atoms with van der Waals surface area (Å²) < 4.78 is 1.19. The molecule has 0 aromatic heterocycles. The average Bonchev–Trinajstić information content (AvgIpc) is 2.10. The van der Waals surface area contributed by atoms with Crippen LogP contribution >= 0.6 is 15.9 Å². The summed E-state index contributed by atoms with van der Waals surface area (Å²) in [5, 5.41) is 9.20. The van der Waals surface area contributed by atoms with Crippen molar-refractivity contribution >= 4 is 15.9 Å². The molecular formula is C12H17BrO. The minimum atomic E-state index is -0.209. The lowest BCUT2D eigenvalue weighted by molar-refractivity contribution is 0.185. The molecule has 0 radical (unpaired) electrons. The second-order valence-corrected chi connectivity index (χ2v) is 4.72. The predicted octanol–water partition coefficient (Wildman–Crippen LogP) is 3.38. The maximum absolute atomic E-state index is 9.20. The fraction of sp³-hybridized carbons (Fsp3) is 0.500. The van der Waals surface area contributed by atoms with Gasteiger partial charge in [-0.05, 0) is 50.3 Å². The van der Waals surface area contributed by atoms with Gasteiger partial charge in [-0.25, -0.2) is 0 Å². The highest BCUT2D eigenvalue weighted by molar-refractivity contribution is 9.10. The number of rotatable bonds is 3. The monoisotopic (exact) mass is 256 g/mol. The number of hydrogen-bond acceptors (Lipinski definition) is 1. The first-order valence-electron chi connectivity index (χ1n) is 4.94. The van der Waals surface area contributed by atoms with Crippen molar-refractivity contribution in [3.63, 3.8) is 0 Å². The van der Waals surface area contributed by atoms with E-state index in [0.717, 1.165) is 12.8 Å². The van der Waals surface area contributed by atoms with Crippen LogP contribution in [0, 0.1) is 13.8 Å². The van der Waals surface area contributed by atoms with Crippen LogP contribution in [0.2, 0.25) is 0 Å². The number of benzene rings is 1. The van der Waals surface area contributed by atoms with Gasteiger partial charge in [0.1, 0.15) is 0 Å². The Kier molecular flexibility index (Phi) is 4.14. The predicted molar refractivity (Wildman–Crippen MR) is 63.6 cm³/mol. The van der Waals surface area contributed by atoms with E-state index >= 15 is 0 Å². The third kappa shape index (κ3) is 3.10. The van der Waals surface area contributed by atoms with Crippen molar-refractivity contribution in [2.75, 3.05) is 0 Å². The minimum absolute atomic E-state index is 0.209. The highest BCUT2D eigenvalue weighted by Gasteiger charge is 2.03. The smallest absolute Gasteiger partial charge is 0.0515 e. The van der Waals surface area contributed by atoms with Gasteiger partial charge in [0, 0.05) is 4.47 Å². The van der Waals surface area contributed by atoms with Gasteiger partial charge in [-0.15, -0.1) is 0 Å². The topological polar surface area (TPSA) is 20.2 Å². The molecule has 1 aromatic carbocycles. The van der Waals surface area contributed by atoms with E-state index in [1.807, 2.05) is 6.92 Å². The molecule has 0 amide bonds. The van der Waals surface area contributed by atoms with Gasteiger partial charge in [-0.3, -0.25) is 0 Å². The first-order valence-corrected chi connectivity index (χ1v) is 5.73. The van der Waals surface area contributed by atoms with Crippen molar-refractivity contribution < 1.29 is 5.11 Å². The second kappa shape index (κ2) is 4.94. The largest absolute Gasteiger partial charge is 0.393 e. The number of aliphatic hydroxyl groups is 1. The Morgan fingerprint density at radius 2 is 1.79 bits per heavy atom. The van der Waals surface area contributed by atoms with Crippen molar-refractivity contribution in [1.82, 2.24) is 0 Å². The zero-order valence-corrected chi connectivity index (χ0v) is 10.6. The summed E-state index contributed by atoms with van der Waals surface area (Å²) in [5.41, 5.74) is 3.85. The van der Waals surface area contributed by atoms with Crippen molar-refractivity contribution in [2.24, 2.45) is 0 Å². The molecule has 0 bridgehead atoms. The Hall–Kier alpha value is -0.340. The van der Waals surface area contributed by atoms with Gasteiger partial charge in [0.25, 0.3) is 0 Å². The molecule has 14 heavy (non-hydrogen) atoms. The van der Waals surface area contributed by atoms with E-state index in [2.05, 4.69) is 41.9 Å². The molecule has 0 aliphatic rings. The van der Waals surface area contributed by atoms with Crippen LogP contribution in [-0.2, 0) is 6.42 Å². The van der Waals surface area contributed by atoms with Crippen LogP contribution in [0.5, 0.6) is 0 Å². The molecule has 0 aliphatic heterocycles. The number of aryl methyl sites for hydroxylation is 3. The fourth-order valence-corrected chi connectivity index (χ4v) is 1.78. The normalized spacial score (nSPS) is 12.9. The minimum Gasteiger partial charge on any atom is -0.393 e. The summed E-state index contributed by atoms with van der Waals surface area (Å²) in [4.78, 5) is 0. The molecule has 1 N–H and O–H groups in total. The molecule has 1 atom stereocenters. The zero-order chi connectivity index (χ0) is 10.7. The van der Waals surface area contributed by atoms with Gasteiger partial charge in [0.2, 0.25) is 0 Å². The lowest BCUT2D eigenvalue weighted by atomic mass is 10.0. The lowest BCUT2D eigenvalue weighted by Crippen LogP contribution is -2.01.